The fourth-order valence-electron chi connectivity index (χ4n) is 2.18. The van der Waals surface area contributed by atoms with Gasteiger partial charge in [-0.25, -0.2) is 0 Å². The average molecular weight is 287 g/mol. The van der Waals surface area contributed by atoms with Gasteiger partial charge >= 0.3 is 0 Å². The highest BCUT2D eigenvalue weighted by Gasteiger charge is 2.14. The molecule has 0 aliphatic heterocycles. The van der Waals surface area contributed by atoms with Crippen LogP contribution in [0.1, 0.15) is 24.1 Å². The number of hydrogen-bond acceptors (Lipinski definition) is 4. The molecule has 3 N–H and O–H groups in total. The Bertz CT molecular complexity index is 598. The summed E-state index contributed by atoms with van der Waals surface area (Å²) in [5.41, 5.74) is 2.95. The lowest BCUT2D eigenvalue weighted by atomic mass is 10.1. The van der Waals surface area contributed by atoms with E-state index in [1.165, 1.54) is 0 Å². The van der Waals surface area contributed by atoms with Crippen LogP contribution in [0, 0.1) is 6.92 Å². The Morgan fingerprint density at radius 2 is 1.95 bits per heavy atom. The first-order chi connectivity index (χ1) is 10.2. The van der Waals surface area contributed by atoms with Crippen molar-refractivity contribution >= 4 is 5.69 Å². The third-order valence-corrected chi connectivity index (χ3v) is 3.34. The lowest BCUT2D eigenvalue weighted by molar-refractivity contribution is 0.275. The standard InChI is InChI=1S/C17H21NO3/c1-3-21-17-10-13(8-9-16(17)20)15(11-19)18-14-7-5-4-6-12(14)2/h4-10,15,18-20H,3,11H2,1-2H3. The molecule has 4 heteroatoms. The van der Waals surface area contributed by atoms with Gasteiger partial charge < -0.3 is 20.3 Å². The van der Waals surface area contributed by atoms with E-state index in [-0.39, 0.29) is 18.4 Å². The molecule has 4 nitrogen and oxygen atoms in total. The zero-order valence-electron chi connectivity index (χ0n) is 12.3. The lowest BCUT2D eigenvalue weighted by Gasteiger charge is -2.20. The first-order valence-electron chi connectivity index (χ1n) is 7.04. The number of anilines is 1. The summed E-state index contributed by atoms with van der Waals surface area (Å²) in [6.45, 7) is 4.30. The smallest absolute Gasteiger partial charge is 0.161 e. The number of aliphatic hydroxyl groups is 1. The fourth-order valence-corrected chi connectivity index (χ4v) is 2.18. The molecule has 21 heavy (non-hydrogen) atoms. The summed E-state index contributed by atoms with van der Waals surface area (Å²) in [6, 6.07) is 12.8. The highest BCUT2D eigenvalue weighted by Crippen LogP contribution is 2.31. The Labute approximate surface area is 125 Å². The molecule has 0 aromatic heterocycles. The van der Waals surface area contributed by atoms with Crippen molar-refractivity contribution in [2.24, 2.45) is 0 Å². The minimum atomic E-state index is -0.258. The number of aryl methyl sites for hydroxylation is 1. The summed E-state index contributed by atoms with van der Waals surface area (Å²) in [5, 5.41) is 22.7. The van der Waals surface area contributed by atoms with Gasteiger partial charge in [0.15, 0.2) is 11.5 Å². The Balaban J connectivity index is 2.25. The third-order valence-electron chi connectivity index (χ3n) is 3.34. The summed E-state index contributed by atoms with van der Waals surface area (Å²) >= 11 is 0. The van der Waals surface area contributed by atoms with Crippen LogP contribution >= 0.6 is 0 Å². The van der Waals surface area contributed by atoms with Crippen LogP contribution in [0.2, 0.25) is 0 Å². The number of rotatable bonds is 6. The molecule has 0 heterocycles. The Kier molecular flexibility index (Phi) is 5.06. The van der Waals surface area contributed by atoms with E-state index in [1.54, 1.807) is 18.2 Å². The maximum absolute atomic E-state index is 9.75. The second kappa shape index (κ2) is 6.99. The molecule has 0 radical (unpaired) electrons. The van der Waals surface area contributed by atoms with Gasteiger partial charge in [-0.1, -0.05) is 24.3 Å². The Hall–Kier alpha value is -2.20. The molecule has 2 rings (SSSR count). The molecule has 2 aromatic carbocycles. The molecule has 2 aromatic rings. The molecule has 0 amide bonds. The van der Waals surface area contributed by atoms with Gasteiger partial charge in [-0.2, -0.15) is 0 Å². The van der Waals surface area contributed by atoms with Crippen molar-refractivity contribution in [1.29, 1.82) is 0 Å². The molecule has 0 aliphatic carbocycles. The monoisotopic (exact) mass is 287 g/mol. The van der Waals surface area contributed by atoms with E-state index in [0.717, 1.165) is 16.8 Å². The lowest BCUT2D eigenvalue weighted by Crippen LogP contribution is -2.15. The van der Waals surface area contributed by atoms with Crippen LogP contribution in [-0.2, 0) is 0 Å². The molecule has 1 atom stereocenters. The summed E-state index contributed by atoms with van der Waals surface area (Å²) < 4.78 is 5.39. The molecule has 1 unspecified atom stereocenters. The predicted molar refractivity (Wildman–Crippen MR) is 83.9 cm³/mol. The normalized spacial score (nSPS) is 12.0. The highest BCUT2D eigenvalue weighted by atomic mass is 16.5. The molecular weight excluding hydrogens is 266 g/mol. The van der Waals surface area contributed by atoms with E-state index in [4.69, 9.17) is 4.74 Å². The first-order valence-corrected chi connectivity index (χ1v) is 7.04. The van der Waals surface area contributed by atoms with Crippen molar-refractivity contribution in [1.82, 2.24) is 0 Å². The van der Waals surface area contributed by atoms with E-state index in [2.05, 4.69) is 5.32 Å². The van der Waals surface area contributed by atoms with Crippen LogP contribution in [0.5, 0.6) is 11.5 Å². The van der Waals surface area contributed by atoms with Crippen molar-refractivity contribution in [3.8, 4) is 11.5 Å². The van der Waals surface area contributed by atoms with Gasteiger partial charge in [-0.3, -0.25) is 0 Å². The molecule has 0 saturated carbocycles. The summed E-state index contributed by atoms with van der Waals surface area (Å²) in [4.78, 5) is 0. The van der Waals surface area contributed by atoms with Gasteiger partial charge in [0.2, 0.25) is 0 Å². The SMILES string of the molecule is CCOc1cc(C(CO)Nc2ccccc2C)ccc1O. The summed E-state index contributed by atoms with van der Waals surface area (Å²) in [6.07, 6.45) is 0. The fraction of sp³-hybridized carbons (Fsp3) is 0.294. The van der Waals surface area contributed by atoms with E-state index in [1.807, 2.05) is 38.1 Å². The predicted octanol–water partition coefficient (Wildman–Crippen LogP) is 3.24. The second-order valence-electron chi connectivity index (χ2n) is 4.85. The van der Waals surface area contributed by atoms with Gasteiger partial charge in [0.1, 0.15) is 0 Å². The molecule has 0 fully saturated rings. The number of hydrogen-bond donors (Lipinski definition) is 3. The molecular formula is C17H21NO3. The molecule has 0 spiro atoms. The van der Waals surface area contributed by atoms with Crippen molar-refractivity contribution in [2.75, 3.05) is 18.5 Å². The summed E-state index contributed by atoms with van der Waals surface area (Å²) in [7, 11) is 0. The van der Waals surface area contributed by atoms with E-state index < -0.39 is 0 Å². The topological polar surface area (TPSA) is 61.7 Å². The van der Waals surface area contributed by atoms with Gasteiger partial charge in [0.05, 0.1) is 19.3 Å². The van der Waals surface area contributed by atoms with Gasteiger partial charge in [-0.05, 0) is 43.2 Å². The average Bonchev–Trinajstić information content (AvgIpc) is 2.49. The van der Waals surface area contributed by atoms with Gasteiger partial charge in [-0.15, -0.1) is 0 Å². The number of nitrogens with one attached hydrogen (secondary N) is 1. The Morgan fingerprint density at radius 3 is 2.62 bits per heavy atom. The van der Waals surface area contributed by atoms with Gasteiger partial charge in [0, 0.05) is 5.69 Å². The van der Waals surface area contributed by atoms with Crippen molar-refractivity contribution < 1.29 is 14.9 Å². The molecule has 0 bridgehead atoms. The second-order valence-corrected chi connectivity index (χ2v) is 4.85. The zero-order valence-corrected chi connectivity index (χ0v) is 12.3. The van der Waals surface area contributed by atoms with E-state index in [0.29, 0.717) is 12.4 Å². The van der Waals surface area contributed by atoms with Crippen molar-refractivity contribution in [2.45, 2.75) is 19.9 Å². The minimum absolute atomic E-state index is 0.0509. The summed E-state index contributed by atoms with van der Waals surface area (Å²) in [5.74, 6) is 0.535. The quantitative estimate of drug-likeness (QED) is 0.763. The molecule has 0 saturated heterocycles. The minimum Gasteiger partial charge on any atom is -0.504 e. The first kappa shape index (κ1) is 15.2. The maximum Gasteiger partial charge on any atom is 0.161 e. The number of aromatic hydroxyl groups is 1. The number of benzene rings is 2. The van der Waals surface area contributed by atoms with Crippen molar-refractivity contribution in [3.05, 3.63) is 53.6 Å². The third kappa shape index (κ3) is 3.67. The van der Waals surface area contributed by atoms with Crippen LogP contribution in [0.4, 0.5) is 5.69 Å². The number of ether oxygens (including phenoxy) is 1. The van der Waals surface area contributed by atoms with Crippen LogP contribution < -0.4 is 10.1 Å². The Morgan fingerprint density at radius 1 is 1.19 bits per heavy atom. The van der Waals surface area contributed by atoms with E-state index >= 15 is 0 Å². The zero-order chi connectivity index (χ0) is 15.2. The van der Waals surface area contributed by atoms with Crippen LogP contribution in [-0.4, -0.2) is 23.4 Å². The molecule has 112 valence electrons. The number of para-hydroxylation sites is 1. The number of phenols is 1. The number of phenolic OH excluding ortho intramolecular Hbond substituents is 1. The van der Waals surface area contributed by atoms with Crippen LogP contribution in [0.3, 0.4) is 0 Å². The van der Waals surface area contributed by atoms with E-state index in [9.17, 15) is 10.2 Å². The maximum atomic E-state index is 9.75. The van der Waals surface area contributed by atoms with Crippen LogP contribution in [0.15, 0.2) is 42.5 Å². The van der Waals surface area contributed by atoms with Crippen LogP contribution in [0.25, 0.3) is 0 Å². The largest absolute Gasteiger partial charge is 0.504 e. The van der Waals surface area contributed by atoms with Crippen molar-refractivity contribution in [3.63, 3.8) is 0 Å². The number of aliphatic hydroxyl groups excluding tert-OH is 1. The highest BCUT2D eigenvalue weighted by molar-refractivity contribution is 5.53. The van der Waals surface area contributed by atoms with Gasteiger partial charge in [0.25, 0.3) is 0 Å². The molecule has 0 aliphatic rings.